The molecule has 1 aromatic rings. The number of hydrogen-bond donors (Lipinski definition) is 1. The molecule has 0 atom stereocenters. The van der Waals surface area contributed by atoms with Gasteiger partial charge in [-0.15, -0.1) is 0 Å². The Morgan fingerprint density at radius 3 is 2.73 bits per heavy atom. The SMILES string of the molecule is Cc1c(C(=O)NCC2(C3CC3)CC2)cnn1C1CCOCC1. The predicted octanol–water partition coefficient (Wildman–Crippen LogP) is 2.46. The van der Waals surface area contributed by atoms with E-state index in [-0.39, 0.29) is 5.91 Å². The van der Waals surface area contributed by atoms with Crippen molar-refractivity contribution in [3.8, 4) is 0 Å². The molecular weight excluding hydrogens is 278 g/mol. The minimum atomic E-state index is 0.0442. The Balaban J connectivity index is 1.41. The molecule has 5 nitrogen and oxygen atoms in total. The van der Waals surface area contributed by atoms with Gasteiger partial charge in [-0.3, -0.25) is 9.48 Å². The van der Waals surface area contributed by atoms with E-state index in [4.69, 9.17) is 4.74 Å². The summed E-state index contributed by atoms with van der Waals surface area (Å²) in [6.07, 6.45) is 8.99. The van der Waals surface area contributed by atoms with Crippen LogP contribution in [-0.2, 0) is 4.74 Å². The third-order valence-corrected chi connectivity index (χ3v) is 5.76. The summed E-state index contributed by atoms with van der Waals surface area (Å²) in [5.74, 6) is 0.918. The van der Waals surface area contributed by atoms with Crippen LogP contribution in [0.15, 0.2) is 6.20 Å². The van der Waals surface area contributed by atoms with Crippen LogP contribution in [0.4, 0.5) is 0 Å². The quantitative estimate of drug-likeness (QED) is 0.909. The Morgan fingerprint density at radius 1 is 1.36 bits per heavy atom. The van der Waals surface area contributed by atoms with E-state index in [1.807, 2.05) is 11.6 Å². The van der Waals surface area contributed by atoms with Crippen molar-refractivity contribution in [3.05, 3.63) is 17.5 Å². The highest BCUT2D eigenvalue weighted by atomic mass is 16.5. The van der Waals surface area contributed by atoms with Crippen LogP contribution in [0.1, 0.15) is 60.6 Å². The number of nitrogens with zero attached hydrogens (tertiary/aromatic N) is 2. The maximum atomic E-state index is 12.5. The molecule has 4 rings (SSSR count). The highest BCUT2D eigenvalue weighted by molar-refractivity contribution is 5.95. The van der Waals surface area contributed by atoms with Gasteiger partial charge in [0.1, 0.15) is 0 Å². The van der Waals surface area contributed by atoms with E-state index < -0.39 is 0 Å². The number of rotatable bonds is 5. The predicted molar refractivity (Wildman–Crippen MR) is 82.8 cm³/mol. The average Bonchev–Trinajstić information content (AvgIpc) is 3.44. The molecule has 0 bridgehead atoms. The van der Waals surface area contributed by atoms with Crippen molar-refractivity contribution < 1.29 is 9.53 Å². The second-order valence-corrected chi connectivity index (χ2v) is 7.25. The van der Waals surface area contributed by atoms with Gasteiger partial charge in [-0.2, -0.15) is 5.10 Å². The summed E-state index contributed by atoms with van der Waals surface area (Å²) < 4.78 is 7.43. The first-order valence-electron chi connectivity index (χ1n) is 8.60. The highest BCUT2D eigenvalue weighted by Gasteiger charge is 2.53. The van der Waals surface area contributed by atoms with E-state index in [1.165, 1.54) is 25.7 Å². The molecular formula is C17H25N3O2. The molecule has 3 aliphatic rings. The number of nitrogens with one attached hydrogen (secondary N) is 1. The molecule has 0 unspecified atom stereocenters. The van der Waals surface area contributed by atoms with Crippen LogP contribution >= 0.6 is 0 Å². The molecule has 2 saturated carbocycles. The molecule has 2 heterocycles. The summed E-state index contributed by atoms with van der Waals surface area (Å²) in [4.78, 5) is 12.5. The van der Waals surface area contributed by atoms with Gasteiger partial charge in [-0.1, -0.05) is 0 Å². The molecule has 0 aromatic carbocycles. The maximum Gasteiger partial charge on any atom is 0.254 e. The molecule has 1 aromatic heterocycles. The van der Waals surface area contributed by atoms with Crippen molar-refractivity contribution in [3.63, 3.8) is 0 Å². The largest absolute Gasteiger partial charge is 0.381 e. The van der Waals surface area contributed by atoms with Crippen molar-refractivity contribution in [2.45, 2.75) is 51.5 Å². The first-order chi connectivity index (χ1) is 10.7. The molecule has 0 radical (unpaired) electrons. The van der Waals surface area contributed by atoms with Gasteiger partial charge in [0, 0.05) is 25.5 Å². The Hall–Kier alpha value is -1.36. The highest BCUT2D eigenvalue weighted by Crippen LogP contribution is 2.60. The van der Waals surface area contributed by atoms with E-state index in [0.717, 1.165) is 49.8 Å². The molecule has 22 heavy (non-hydrogen) atoms. The van der Waals surface area contributed by atoms with Gasteiger partial charge in [-0.05, 0) is 56.8 Å². The minimum Gasteiger partial charge on any atom is -0.381 e. The number of ether oxygens (including phenoxy) is 1. The molecule has 1 amide bonds. The molecule has 1 N–H and O–H groups in total. The van der Waals surface area contributed by atoms with Gasteiger partial charge in [0.2, 0.25) is 0 Å². The van der Waals surface area contributed by atoms with E-state index in [2.05, 4.69) is 10.4 Å². The zero-order chi connectivity index (χ0) is 15.2. The molecule has 1 aliphatic heterocycles. The Kier molecular flexibility index (Phi) is 3.48. The van der Waals surface area contributed by atoms with Crippen LogP contribution < -0.4 is 5.32 Å². The fourth-order valence-corrected chi connectivity index (χ4v) is 3.88. The van der Waals surface area contributed by atoms with Crippen LogP contribution in [0.3, 0.4) is 0 Å². The number of carbonyl (C=O) groups excluding carboxylic acids is 1. The van der Waals surface area contributed by atoms with Gasteiger partial charge >= 0.3 is 0 Å². The van der Waals surface area contributed by atoms with Crippen LogP contribution in [0, 0.1) is 18.3 Å². The fourth-order valence-electron chi connectivity index (χ4n) is 3.88. The molecule has 2 aliphatic carbocycles. The van der Waals surface area contributed by atoms with E-state index in [9.17, 15) is 4.79 Å². The van der Waals surface area contributed by atoms with Gasteiger partial charge < -0.3 is 10.1 Å². The third kappa shape index (κ3) is 2.56. The third-order valence-electron chi connectivity index (χ3n) is 5.76. The van der Waals surface area contributed by atoms with Crippen molar-refractivity contribution in [1.82, 2.24) is 15.1 Å². The lowest BCUT2D eigenvalue weighted by atomic mass is 10.0. The van der Waals surface area contributed by atoms with Crippen molar-refractivity contribution in [1.29, 1.82) is 0 Å². The summed E-state index contributed by atoms with van der Waals surface area (Å²) in [5.41, 5.74) is 2.17. The van der Waals surface area contributed by atoms with Crippen molar-refractivity contribution in [2.24, 2.45) is 11.3 Å². The number of amides is 1. The summed E-state index contributed by atoms with van der Waals surface area (Å²) in [6, 6.07) is 0.372. The van der Waals surface area contributed by atoms with E-state index in [1.54, 1.807) is 6.20 Å². The van der Waals surface area contributed by atoms with Crippen molar-refractivity contribution >= 4 is 5.91 Å². The van der Waals surface area contributed by atoms with Crippen LogP contribution in [-0.4, -0.2) is 35.4 Å². The first-order valence-corrected chi connectivity index (χ1v) is 8.60. The van der Waals surface area contributed by atoms with Crippen LogP contribution in [0.2, 0.25) is 0 Å². The van der Waals surface area contributed by atoms with Crippen LogP contribution in [0.5, 0.6) is 0 Å². The lowest BCUT2D eigenvalue weighted by molar-refractivity contribution is 0.0656. The van der Waals surface area contributed by atoms with E-state index >= 15 is 0 Å². The number of carbonyl (C=O) groups is 1. The second-order valence-electron chi connectivity index (χ2n) is 7.25. The number of hydrogen-bond acceptors (Lipinski definition) is 3. The lowest BCUT2D eigenvalue weighted by Crippen LogP contribution is -2.31. The molecule has 1 saturated heterocycles. The molecule has 5 heteroatoms. The fraction of sp³-hybridized carbons (Fsp3) is 0.765. The van der Waals surface area contributed by atoms with Gasteiger partial charge in [0.25, 0.3) is 5.91 Å². The molecule has 120 valence electrons. The summed E-state index contributed by atoms with van der Waals surface area (Å²) in [7, 11) is 0. The van der Waals surface area contributed by atoms with E-state index in [0.29, 0.717) is 11.5 Å². The lowest BCUT2D eigenvalue weighted by Gasteiger charge is -2.23. The summed E-state index contributed by atoms with van der Waals surface area (Å²) in [5, 5.41) is 7.63. The smallest absolute Gasteiger partial charge is 0.254 e. The molecule has 3 fully saturated rings. The van der Waals surface area contributed by atoms with Gasteiger partial charge in [0.15, 0.2) is 0 Å². The van der Waals surface area contributed by atoms with Crippen molar-refractivity contribution in [2.75, 3.05) is 19.8 Å². The minimum absolute atomic E-state index is 0.0442. The van der Waals surface area contributed by atoms with Crippen LogP contribution in [0.25, 0.3) is 0 Å². The summed E-state index contributed by atoms with van der Waals surface area (Å²) in [6.45, 7) is 4.42. The second kappa shape index (κ2) is 5.37. The first kappa shape index (κ1) is 14.2. The zero-order valence-corrected chi connectivity index (χ0v) is 13.3. The maximum absolute atomic E-state index is 12.5. The standard InChI is InChI=1S/C17H25N3O2/c1-12-15(10-19-20(12)14-4-8-22-9-5-14)16(21)18-11-17(6-7-17)13-2-3-13/h10,13-14H,2-9,11H2,1H3,(H,18,21). The zero-order valence-electron chi connectivity index (χ0n) is 13.3. The molecule has 0 spiro atoms. The topological polar surface area (TPSA) is 56.2 Å². The monoisotopic (exact) mass is 303 g/mol. The van der Waals surface area contributed by atoms with Gasteiger partial charge in [0.05, 0.1) is 17.8 Å². The average molecular weight is 303 g/mol. The summed E-state index contributed by atoms with van der Waals surface area (Å²) >= 11 is 0. The number of aromatic nitrogens is 2. The normalized spacial score (nSPS) is 24.2. The Labute approximate surface area is 131 Å². The Morgan fingerprint density at radius 2 is 2.09 bits per heavy atom. The van der Waals surface area contributed by atoms with Gasteiger partial charge in [-0.25, -0.2) is 0 Å². The Bertz CT molecular complexity index is 566.